The fourth-order valence-corrected chi connectivity index (χ4v) is 2.12. The van der Waals surface area contributed by atoms with E-state index < -0.39 is 5.91 Å². The molecule has 0 saturated heterocycles. The summed E-state index contributed by atoms with van der Waals surface area (Å²) in [6.45, 7) is 0. The minimum absolute atomic E-state index is 0.0965. The number of anilines is 1. The molecule has 2 aromatic carbocycles. The SMILES string of the molecule is O=C(Nc1ccc(Cl)c(Cl)c1)c1cc(Br)ccc1O. The summed E-state index contributed by atoms with van der Waals surface area (Å²) in [5.74, 6) is -0.530. The molecular weight excluding hydrogens is 353 g/mol. The van der Waals surface area contributed by atoms with Crippen molar-refractivity contribution in [1.82, 2.24) is 0 Å². The molecule has 2 rings (SSSR count). The number of halogens is 3. The first kappa shape index (κ1) is 14.2. The van der Waals surface area contributed by atoms with Gasteiger partial charge in [-0.3, -0.25) is 4.79 Å². The smallest absolute Gasteiger partial charge is 0.259 e. The van der Waals surface area contributed by atoms with E-state index in [0.717, 1.165) is 0 Å². The Morgan fingerprint density at radius 3 is 2.53 bits per heavy atom. The van der Waals surface area contributed by atoms with Crippen molar-refractivity contribution in [2.75, 3.05) is 5.32 Å². The lowest BCUT2D eigenvalue weighted by Crippen LogP contribution is -2.12. The van der Waals surface area contributed by atoms with Crippen molar-refractivity contribution in [3.05, 3.63) is 56.5 Å². The van der Waals surface area contributed by atoms with Gasteiger partial charge in [0.2, 0.25) is 0 Å². The molecule has 0 aromatic heterocycles. The van der Waals surface area contributed by atoms with E-state index >= 15 is 0 Å². The van der Waals surface area contributed by atoms with Crippen molar-refractivity contribution < 1.29 is 9.90 Å². The predicted octanol–water partition coefficient (Wildman–Crippen LogP) is 4.71. The molecule has 0 aliphatic heterocycles. The Morgan fingerprint density at radius 1 is 1.11 bits per heavy atom. The molecular formula is C13H8BrCl2NO2. The second-order valence-electron chi connectivity index (χ2n) is 3.74. The zero-order chi connectivity index (χ0) is 14.0. The van der Waals surface area contributed by atoms with E-state index in [9.17, 15) is 9.90 Å². The van der Waals surface area contributed by atoms with Gasteiger partial charge in [-0.05, 0) is 36.4 Å². The molecule has 0 unspecified atom stereocenters. The van der Waals surface area contributed by atoms with E-state index in [-0.39, 0.29) is 11.3 Å². The first-order valence-corrected chi connectivity index (χ1v) is 6.77. The molecule has 2 N–H and O–H groups in total. The van der Waals surface area contributed by atoms with Gasteiger partial charge in [0.15, 0.2) is 0 Å². The van der Waals surface area contributed by atoms with Gasteiger partial charge in [0.1, 0.15) is 5.75 Å². The first-order chi connectivity index (χ1) is 8.97. The molecule has 6 heteroatoms. The third kappa shape index (κ3) is 3.41. The van der Waals surface area contributed by atoms with Crippen LogP contribution in [-0.4, -0.2) is 11.0 Å². The van der Waals surface area contributed by atoms with Gasteiger partial charge in [-0.15, -0.1) is 0 Å². The topological polar surface area (TPSA) is 49.3 Å². The largest absolute Gasteiger partial charge is 0.507 e. The lowest BCUT2D eigenvalue weighted by atomic mass is 10.2. The number of rotatable bonds is 2. The zero-order valence-corrected chi connectivity index (χ0v) is 12.6. The Labute approximate surface area is 128 Å². The second kappa shape index (κ2) is 5.82. The number of hydrogen-bond donors (Lipinski definition) is 2. The quantitative estimate of drug-likeness (QED) is 0.814. The molecule has 2 aromatic rings. The number of hydrogen-bond acceptors (Lipinski definition) is 2. The molecule has 0 atom stereocenters. The summed E-state index contributed by atoms with van der Waals surface area (Å²) >= 11 is 14.9. The van der Waals surface area contributed by atoms with Crippen molar-refractivity contribution in [2.45, 2.75) is 0 Å². The first-order valence-electron chi connectivity index (χ1n) is 5.22. The average Bonchev–Trinajstić information content (AvgIpc) is 2.36. The third-order valence-corrected chi connectivity index (χ3v) is 3.61. The van der Waals surface area contributed by atoms with E-state index in [0.29, 0.717) is 20.2 Å². The van der Waals surface area contributed by atoms with Crippen LogP contribution >= 0.6 is 39.1 Å². The molecule has 0 aliphatic rings. The summed E-state index contributed by atoms with van der Waals surface area (Å²) in [5, 5.41) is 13.0. The third-order valence-electron chi connectivity index (χ3n) is 2.38. The van der Waals surface area contributed by atoms with E-state index in [1.807, 2.05) is 0 Å². The lowest BCUT2D eigenvalue weighted by molar-refractivity contribution is 0.102. The van der Waals surface area contributed by atoms with E-state index in [1.165, 1.54) is 18.2 Å². The van der Waals surface area contributed by atoms with E-state index in [4.69, 9.17) is 23.2 Å². The number of amides is 1. The highest BCUT2D eigenvalue weighted by Gasteiger charge is 2.12. The molecule has 1 amide bonds. The molecule has 0 heterocycles. The molecule has 3 nitrogen and oxygen atoms in total. The maximum absolute atomic E-state index is 12.0. The van der Waals surface area contributed by atoms with Crippen LogP contribution in [0.1, 0.15) is 10.4 Å². The average molecular weight is 361 g/mol. The van der Waals surface area contributed by atoms with Crippen LogP contribution in [0.2, 0.25) is 10.0 Å². The Morgan fingerprint density at radius 2 is 1.84 bits per heavy atom. The minimum Gasteiger partial charge on any atom is -0.507 e. The van der Waals surface area contributed by atoms with Gasteiger partial charge in [0, 0.05) is 10.2 Å². The molecule has 0 saturated carbocycles. The van der Waals surface area contributed by atoms with Gasteiger partial charge in [-0.1, -0.05) is 39.1 Å². The standard InChI is InChI=1S/C13H8BrCl2NO2/c14-7-1-4-12(18)9(5-7)13(19)17-8-2-3-10(15)11(16)6-8/h1-6,18H,(H,17,19). The Hall–Kier alpha value is -1.23. The summed E-state index contributed by atoms with van der Waals surface area (Å²) in [6, 6.07) is 9.36. The van der Waals surface area contributed by atoms with Crippen molar-refractivity contribution >= 4 is 50.7 Å². The van der Waals surface area contributed by atoms with Crippen LogP contribution in [0.4, 0.5) is 5.69 Å². The molecule has 98 valence electrons. The summed E-state index contributed by atoms with van der Waals surface area (Å²) in [5.41, 5.74) is 0.666. The normalized spacial score (nSPS) is 10.3. The summed E-state index contributed by atoms with van der Waals surface area (Å²) in [4.78, 5) is 12.0. The Kier molecular flexibility index (Phi) is 4.34. The van der Waals surface area contributed by atoms with Crippen LogP contribution in [-0.2, 0) is 0 Å². The fourth-order valence-electron chi connectivity index (χ4n) is 1.46. The zero-order valence-electron chi connectivity index (χ0n) is 9.45. The predicted molar refractivity (Wildman–Crippen MR) is 80.2 cm³/mol. The Bertz CT molecular complexity index is 647. The number of aromatic hydroxyl groups is 1. The summed E-state index contributed by atoms with van der Waals surface area (Å²) < 4.78 is 0.699. The van der Waals surface area contributed by atoms with E-state index in [2.05, 4.69) is 21.2 Å². The van der Waals surface area contributed by atoms with Crippen LogP contribution in [0, 0.1) is 0 Å². The highest BCUT2D eigenvalue weighted by atomic mass is 79.9. The summed E-state index contributed by atoms with van der Waals surface area (Å²) in [7, 11) is 0. The van der Waals surface area contributed by atoms with Gasteiger partial charge >= 0.3 is 0 Å². The number of phenols is 1. The van der Waals surface area contributed by atoms with Crippen LogP contribution in [0.25, 0.3) is 0 Å². The van der Waals surface area contributed by atoms with Crippen molar-refractivity contribution in [3.8, 4) is 5.75 Å². The molecule has 0 aliphatic carbocycles. The molecule has 0 fully saturated rings. The van der Waals surface area contributed by atoms with Crippen LogP contribution < -0.4 is 5.32 Å². The molecule has 0 radical (unpaired) electrons. The van der Waals surface area contributed by atoms with Gasteiger partial charge in [0.05, 0.1) is 15.6 Å². The molecule has 19 heavy (non-hydrogen) atoms. The highest BCUT2D eigenvalue weighted by Crippen LogP contribution is 2.27. The van der Waals surface area contributed by atoms with Crippen molar-refractivity contribution in [2.24, 2.45) is 0 Å². The second-order valence-corrected chi connectivity index (χ2v) is 5.47. The van der Waals surface area contributed by atoms with Gasteiger partial charge in [-0.25, -0.2) is 0 Å². The molecule has 0 spiro atoms. The Balaban J connectivity index is 2.25. The fraction of sp³-hybridized carbons (Fsp3) is 0. The van der Waals surface area contributed by atoms with Gasteiger partial charge in [0.25, 0.3) is 5.91 Å². The summed E-state index contributed by atoms with van der Waals surface area (Å²) in [6.07, 6.45) is 0. The lowest BCUT2D eigenvalue weighted by Gasteiger charge is -2.08. The van der Waals surface area contributed by atoms with Crippen LogP contribution in [0.15, 0.2) is 40.9 Å². The van der Waals surface area contributed by atoms with E-state index in [1.54, 1.807) is 18.2 Å². The monoisotopic (exact) mass is 359 g/mol. The van der Waals surface area contributed by atoms with Gasteiger partial charge < -0.3 is 10.4 Å². The maximum Gasteiger partial charge on any atom is 0.259 e. The number of carbonyl (C=O) groups excluding carboxylic acids is 1. The van der Waals surface area contributed by atoms with Crippen molar-refractivity contribution in [1.29, 1.82) is 0 Å². The van der Waals surface area contributed by atoms with Crippen LogP contribution in [0.3, 0.4) is 0 Å². The number of nitrogens with one attached hydrogen (secondary N) is 1. The number of carbonyl (C=O) groups is 1. The number of phenolic OH excluding ortho intramolecular Hbond substituents is 1. The van der Waals surface area contributed by atoms with Crippen LogP contribution in [0.5, 0.6) is 5.75 Å². The highest BCUT2D eigenvalue weighted by molar-refractivity contribution is 9.10. The van der Waals surface area contributed by atoms with Gasteiger partial charge in [-0.2, -0.15) is 0 Å². The maximum atomic E-state index is 12.0. The minimum atomic E-state index is -0.433. The van der Waals surface area contributed by atoms with Crippen molar-refractivity contribution in [3.63, 3.8) is 0 Å². The molecule has 0 bridgehead atoms. The number of benzene rings is 2.